The Bertz CT molecular complexity index is 459. The van der Waals surface area contributed by atoms with E-state index in [0.717, 1.165) is 19.3 Å². The van der Waals surface area contributed by atoms with Gasteiger partial charge in [0.05, 0.1) is 12.1 Å². The highest BCUT2D eigenvalue weighted by Crippen LogP contribution is 2.08. The molecule has 4 N–H and O–H groups in total. The fourth-order valence-electron chi connectivity index (χ4n) is 2.58. The Morgan fingerprint density at radius 2 is 1.56 bits per heavy atom. The number of nitrogens with two attached hydrogens (primary N) is 1. The topological polar surface area (TPSA) is 101 Å². The lowest BCUT2D eigenvalue weighted by Gasteiger charge is -2.18. The standard InChI is InChI=1S/C19H35N3O3/c1-13(2)18(24)16(22-15(5)23)11-9-7-6-8-10-12-17(19(20)25)21-14(3)4/h6-7,13-14,16-17,21H,8-12H2,1-5H3,(H2,20,25)(H,22,23)/b7-6-. The summed E-state index contributed by atoms with van der Waals surface area (Å²) in [7, 11) is 0. The molecule has 0 aliphatic rings. The molecule has 0 aromatic heterocycles. The SMILES string of the molecule is CC(=O)NC(CC/C=C\CCCC(NC(C)C)C(N)=O)C(=O)C(C)C. The number of allylic oxidation sites excluding steroid dienone is 2. The lowest BCUT2D eigenvalue weighted by molar-refractivity contribution is -0.128. The van der Waals surface area contributed by atoms with Crippen molar-refractivity contribution in [2.24, 2.45) is 11.7 Å². The van der Waals surface area contributed by atoms with Crippen molar-refractivity contribution in [3.63, 3.8) is 0 Å². The zero-order valence-corrected chi connectivity index (χ0v) is 16.3. The zero-order valence-electron chi connectivity index (χ0n) is 16.3. The lowest BCUT2D eigenvalue weighted by Crippen LogP contribution is -2.44. The van der Waals surface area contributed by atoms with Gasteiger partial charge >= 0.3 is 0 Å². The number of amides is 2. The Hall–Kier alpha value is -1.69. The molecular weight excluding hydrogens is 318 g/mol. The highest BCUT2D eigenvalue weighted by molar-refractivity contribution is 5.89. The summed E-state index contributed by atoms with van der Waals surface area (Å²) in [5.74, 6) is -0.533. The number of ketones is 1. The van der Waals surface area contributed by atoms with Gasteiger partial charge in [0, 0.05) is 18.9 Å². The second-order valence-corrected chi connectivity index (χ2v) is 7.07. The number of carbonyl (C=O) groups excluding carboxylic acids is 3. The maximum absolute atomic E-state index is 12.1. The summed E-state index contributed by atoms with van der Waals surface area (Å²) < 4.78 is 0. The van der Waals surface area contributed by atoms with E-state index in [4.69, 9.17) is 5.73 Å². The molecule has 0 aliphatic carbocycles. The summed E-state index contributed by atoms with van der Waals surface area (Å²) in [5.41, 5.74) is 5.39. The van der Waals surface area contributed by atoms with Gasteiger partial charge in [-0.1, -0.05) is 39.8 Å². The van der Waals surface area contributed by atoms with Crippen LogP contribution in [0.25, 0.3) is 0 Å². The number of carbonyl (C=O) groups is 3. The summed E-state index contributed by atoms with van der Waals surface area (Å²) >= 11 is 0. The predicted molar refractivity (Wildman–Crippen MR) is 101 cm³/mol. The van der Waals surface area contributed by atoms with Gasteiger partial charge in [0.25, 0.3) is 0 Å². The van der Waals surface area contributed by atoms with Gasteiger partial charge in [-0.25, -0.2) is 0 Å². The monoisotopic (exact) mass is 353 g/mol. The number of nitrogens with one attached hydrogen (secondary N) is 2. The number of unbranched alkanes of at least 4 members (excludes halogenated alkanes) is 1. The van der Waals surface area contributed by atoms with Gasteiger partial charge in [-0.3, -0.25) is 14.4 Å². The van der Waals surface area contributed by atoms with E-state index in [1.165, 1.54) is 6.92 Å². The first kappa shape index (κ1) is 23.3. The number of hydrogen-bond donors (Lipinski definition) is 3. The van der Waals surface area contributed by atoms with Crippen molar-refractivity contribution in [2.75, 3.05) is 0 Å². The third kappa shape index (κ3) is 11.5. The van der Waals surface area contributed by atoms with E-state index in [9.17, 15) is 14.4 Å². The number of Topliss-reactive ketones (excluding diaryl/α,β-unsaturated/α-hetero) is 1. The predicted octanol–water partition coefficient (Wildman–Crippen LogP) is 2.07. The molecule has 0 bridgehead atoms. The molecule has 144 valence electrons. The average molecular weight is 354 g/mol. The van der Waals surface area contributed by atoms with Gasteiger partial charge in [-0.15, -0.1) is 0 Å². The van der Waals surface area contributed by atoms with Crippen LogP contribution in [-0.4, -0.2) is 35.7 Å². The second-order valence-electron chi connectivity index (χ2n) is 7.07. The van der Waals surface area contributed by atoms with Crippen LogP contribution in [0.2, 0.25) is 0 Å². The molecule has 2 amide bonds. The molecule has 0 spiro atoms. The summed E-state index contributed by atoms with van der Waals surface area (Å²) in [6.45, 7) is 9.08. The molecule has 0 radical (unpaired) electrons. The normalized spacial score (nSPS) is 14.0. The van der Waals surface area contributed by atoms with Crippen LogP contribution in [0, 0.1) is 5.92 Å². The van der Waals surface area contributed by atoms with Crippen molar-refractivity contribution >= 4 is 17.6 Å². The average Bonchev–Trinajstić information content (AvgIpc) is 2.49. The van der Waals surface area contributed by atoms with Crippen LogP contribution < -0.4 is 16.4 Å². The van der Waals surface area contributed by atoms with E-state index in [1.807, 2.05) is 33.8 Å². The molecule has 0 saturated carbocycles. The van der Waals surface area contributed by atoms with Crippen LogP contribution in [0.1, 0.15) is 66.7 Å². The van der Waals surface area contributed by atoms with Crippen LogP contribution in [0.4, 0.5) is 0 Å². The van der Waals surface area contributed by atoms with Crippen LogP contribution in [0.15, 0.2) is 12.2 Å². The van der Waals surface area contributed by atoms with Crippen LogP contribution in [-0.2, 0) is 14.4 Å². The maximum Gasteiger partial charge on any atom is 0.234 e. The molecule has 25 heavy (non-hydrogen) atoms. The van der Waals surface area contributed by atoms with Gasteiger partial charge in [0.15, 0.2) is 5.78 Å². The first-order chi connectivity index (χ1) is 11.6. The molecule has 6 heteroatoms. The van der Waals surface area contributed by atoms with E-state index < -0.39 is 6.04 Å². The molecule has 0 saturated heterocycles. The van der Waals surface area contributed by atoms with Crippen molar-refractivity contribution in [3.8, 4) is 0 Å². The number of primary amides is 1. The summed E-state index contributed by atoms with van der Waals surface area (Å²) in [4.78, 5) is 34.7. The third-order valence-electron chi connectivity index (χ3n) is 3.82. The highest BCUT2D eigenvalue weighted by atomic mass is 16.2. The van der Waals surface area contributed by atoms with E-state index in [-0.39, 0.29) is 35.6 Å². The Kier molecular flexibility index (Phi) is 11.8. The summed E-state index contributed by atoms with van der Waals surface area (Å²) in [6.07, 6.45) is 7.84. The van der Waals surface area contributed by atoms with Gasteiger partial charge in [-0.2, -0.15) is 0 Å². The van der Waals surface area contributed by atoms with E-state index in [0.29, 0.717) is 12.8 Å². The summed E-state index contributed by atoms with van der Waals surface area (Å²) in [6, 6.07) is -0.491. The van der Waals surface area contributed by atoms with E-state index >= 15 is 0 Å². The minimum absolute atomic E-state index is 0.0626. The Morgan fingerprint density at radius 3 is 2.04 bits per heavy atom. The molecule has 2 unspecified atom stereocenters. The minimum atomic E-state index is -0.420. The third-order valence-corrected chi connectivity index (χ3v) is 3.82. The molecule has 0 heterocycles. The maximum atomic E-state index is 12.1. The molecule has 0 rings (SSSR count). The largest absolute Gasteiger partial charge is 0.368 e. The minimum Gasteiger partial charge on any atom is -0.368 e. The molecular formula is C19H35N3O3. The van der Waals surface area contributed by atoms with Gasteiger partial charge in [0.2, 0.25) is 11.8 Å². The molecule has 0 aromatic carbocycles. The lowest BCUT2D eigenvalue weighted by atomic mass is 9.97. The van der Waals surface area contributed by atoms with Crippen LogP contribution >= 0.6 is 0 Å². The second kappa shape index (κ2) is 12.6. The van der Waals surface area contributed by atoms with Crippen molar-refractivity contribution in [3.05, 3.63) is 12.2 Å². The molecule has 6 nitrogen and oxygen atoms in total. The van der Waals surface area contributed by atoms with Crippen molar-refractivity contribution in [1.29, 1.82) is 0 Å². The summed E-state index contributed by atoms with van der Waals surface area (Å²) in [5, 5.41) is 5.89. The first-order valence-corrected chi connectivity index (χ1v) is 9.16. The van der Waals surface area contributed by atoms with Crippen molar-refractivity contribution in [1.82, 2.24) is 10.6 Å². The van der Waals surface area contributed by atoms with E-state index in [1.54, 1.807) is 0 Å². The van der Waals surface area contributed by atoms with Crippen LogP contribution in [0.5, 0.6) is 0 Å². The van der Waals surface area contributed by atoms with E-state index in [2.05, 4.69) is 16.7 Å². The Labute approximate surface area is 152 Å². The molecule has 0 aromatic rings. The van der Waals surface area contributed by atoms with Crippen molar-refractivity contribution in [2.45, 2.75) is 84.8 Å². The number of hydrogen-bond acceptors (Lipinski definition) is 4. The fraction of sp³-hybridized carbons (Fsp3) is 0.737. The van der Waals surface area contributed by atoms with Gasteiger partial charge in [0.1, 0.15) is 0 Å². The zero-order chi connectivity index (χ0) is 19.4. The fourth-order valence-corrected chi connectivity index (χ4v) is 2.58. The van der Waals surface area contributed by atoms with Crippen LogP contribution in [0.3, 0.4) is 0 Å². The first-order valence-electron chi connectivity index (χ1n) is 9.16. The smallest absolute Gasteiger partial charge is 0.234 e. The van der Waals surface area contributed by atoms with Crippen molar-refractivity contribution < 1.29 is 14.4 Å². The Morgan fingerprint density at radius 1 is 0.960 bits per heavy atom. The number of rotatable bonds is 13. The highest BCUT2D eigenvalue weighted by Gasteiger charge is 2.21. The van der Waals surface area contributed by atoms with Gasteiger partial charge < -0.3 is 16.4 Å². The quantitative estimate of drug-likeness (QED) is 0.348. The molecule has 0 fully saturated rings. The molecule has 2 atom stereocenters. The Balaban J connectivity index is 4.19. The van der Waals surface area contributed by atoms with Gasteiger partial charge in [-0.05, 0) is 32.1 Å². The molecule has 0 aliphatic heterocycles.